The van der Waals surface area contributed by atoms with Gasteiger partial charge in [-0.05, 0) is 59.4 Å². The summed E-state index contributed by atoms with van der Waals surface area (Å²) >= 11 is 4.46. The molecule has 5 nitrogen and oxygen atoms in total. The van der Waals surface area contributed by atoms with E-state index in [9.17, 15) is 14.0 Å². The third kappa shape index (κ3) is 4.78. The predicted molar refractivity (Wildman–Crippen MR) is 93.4 cm³/mol. The minimum atomic E-state index is -0.411. The zero-order valence-corrected chi connectivity index (χ0v) is 15.5. The zero-order chi connectivity index (χ0) is 17.7. The van der Waals surface area contributed by atoms with Gasteiger partial charge in [0.15, 0.2) is 6.61 Å². The number of carbonyl (C=O) groups excluding carboxylic acids is 2. The Kier molecular flexibility index (Phi) is 6.33. The van der Waals surface area contributed by atoms with Gasteiger partial charge >= 0.3 is 0 Å². The molecule has 1 aromatic heterocycles. The Morgan fingerprint density at radius 3 is 2.71 bits per heavy atom. The van der Waals surface area contributed by atoms with Crippen molar-refractivity contribution in [2.75, 3.05) is 6.61 Å². The number of nitrogens with one attached hydrogen (secondary N) is 1. The van der Waals surface area contributed by atoms with Crippen LogP contribution in [-0.2, 0) is 4.79 Å². The largest absolute Gasteiger partial charge is 0.483 e. The van der Waals surface area contributed by atoms with Crippen molar-refractivity contribution in [3.05, 3.63) is 50.9 Å². The summed E-state index contributed by atoms with van der Waals surface area (Å²) in [6.07, 6.45) is 0. The van der Waals surface area contributed by atoms with Crippen LogP contribution in [0.1, 0.15) is 23.5 Å². The second-order valence-electron chi connectivity index (χ2n) is 5.14. The maximum Gasteiger partial charge on any atom is 0.279 e. The number of hydrazine groups is 1. The molecular weight excluding hydrogens is 399 g/mol. The van der Waals surface area contributed by atoms with Gasteiger partial charge in [0, 0.05) is 6.04 Å². The molecule has 0 radical (unpaired) electrons. The van der Waals surface area contributed by atoms with E-state index in [1.807, 2.05) is 0 Å². The molecule has 1 heterocycles. The fourth-order valence-corrected chi connectivity index (χ4v) is 2.93. The number of hydrogen-bond donors (Lipinski definition) is 1. The highest BCUT2D eigenvalue weighted by Crippen LogP contribution is 2.25. The minimum Gasteiger partial charge on any atom is -0.483 e. The first kappa shape index (κ1) is 18.4. The number of carbonyl (C=O) groups is 2. The molecular formula is C16H16BrFN2O3S. The van der Waals surface area contributed by atoms with Crippen molar-refractivity contribution in [2.24, 2.45) is 0 Å². The number of hydrogen-bond acceptors (Lipinski definition) is 4. The highest BCUT2D eigenvalue weighted by molar-refractivity contribution is 9.10. The molecule has 0 aliphatic carbocycles. The van der Waals surface area contributed by atoms with E-state index in [2.05, 4.69) is 21.4 Å². The maximum absolute atomic E-state index is 13.1. The molecule has 2 aromatic rings. The van der Waals surface area contributed by atoms with Gasteiger partial charge in [0.1, 0.15) is 11.6 Å². The number of amides is 2. The summed E-state index contributed by atoms with van der Waals surface area (Å²) < 4.78 is 18.9. The lowest BCUT2D eigenvalue weighted by atomic mass is 10.3. The lowest BCUT2D eigenvalue weighted by Gasteiger charge is -2.26. The molecule has 1 N–H and O–H groups in total. The van der Waals surface area contributed by atoms with E-state index in [0.717, 1.165) is 0 Å². The van der Waals surface area contributed by atoms with Gasteiger partial charge in [-0.15, -0.1) is 11.3 Å². The average molecular weight is 415 g/mol. The van der Waals surface area contributed by atoms with Crippen LogP contribution in [0.2, 0.25) is 0 Å². The van der Waals surface area contributed by atoms with Crippen molar-refractivity contribution >= 4 is 39.1 Å². The van der Waals surface area contributed by atoms with Crippen LogP contribution in [0.25, 0.3) is 0 Å². The highest BCUT2D eigenvalue weighted by atomic mass is 79.9. The van der Waals surface area contributed by atoms with Crippen molar-refractivity contribution in [2.45, 2.75) is 19.9 Å². The molecule has 0 saturated heterocycles. The summed E-state index contributed by atoms with van der Waals surface area (Å²) in [6, 6.07) is 7.10. The normalized spacial score (nSPS) is 10.5. The van der Waals surface area contributed by atoms with Crippen molar-refractivity contribution in [1.82, 2.24) is 10.4 Å². The Morgan fingerprint density at radius 1 is 1.38 bits per heavy atom. The molecule has 128 valence electrons. The van der Waals surface area contributed by atoms with Crippen molar-refractivity contribution < 1.29 is 18.7 Å². The van der Waals surface area contributed by atoms with Crippen molar-refractivity contribution in [3.63, 3.8) is 0 Å². The van der Waals surface area contributed by atoms with Crippen LogP contribution >= 0.6 is 27.3 Å². The number of nitrogens with zero attached hydrogens (tertiary/aromatic N) is 1. The molecule has 0 aliphatic heterocycles. The number of thiophene rings is 1. The van der Waals surface area contributed by atoms with Crippen LogP contribution in [0, 0.1) is 5.82 Å². The fourth-order valence-electron chi connectivity index (χ4n) is 1.85. The first-order valence-electron chi connectivity index (χ1n) is 7.13. The molecule has 0 unspecified atom stereocenters. The van der Waals surface area contributed by atoms with E-state index in [-0.39, 0.29) is 18.6 Å². The van der Waals surface area contributed by atoms with Crippen LogP contribution in [0.3, 0.4) is 0 Å². The molecule has 0 spiro atoms. The minimum absolute atomic E-state index is 0.248. The Hall–Kier alpha value is -1.93. The first-order valence-corrected chi connectivity index (χ1v) is 8.80. The first-order chi connectivity index (χ1) is 11.4. The topological polar surface area (TPSA) is 58.6 Å². The zero-order valence-electron chi connectivity index (χ0n) is 13.1. The molecule has 1 aromatic carbocycles. The summed E-state index contributed by atoms with van der Waals surface area (Å²) in [5.74, 6) is -0.827. The second-order valence-corrected chi connectivity index (χ2v) is 6.94. The summed E-state index contributed by atoms with van der Waals surface area (Å²) in [6.45, 7) is 3.27. The van der Waals surface area contributed by atoms with Gasteiger partial charge in [0.25, 0.3) is 11.8 Å². The monoisotopic (exact) mass is 414 g/mol. The van der Waals surface area contributed by atoms with Crippen LogP contribution < -0.4 is 10.2 Å². The molecule has 0 aliphatic rings. The lowest BCUT2D eigenvalue weighted by molar-refractivity contribution is -0.137. The standard InChI is InChI=1S/C16H16BrFN2O3S/c1-10(2)20(19-16(22)14-4-3-7-24-14)15(21)9-23-13-6-5-11(18)8-12(13)17/h3-8,10H,9H2,1-2H3,(H,19,22). The number of halogens is 2. The van der Waals surface area contributed by atoms with Gasteiger partial charge < -0.3 is 4.74 Å². The molecule has 0 bridgehead atoms. The second kappa shape index (κ2) is 8.25. The van der Waals surface area contributed by atoms with Crippen LogP contribution in [-0.4, -0.2) is 29.5 Å². The third-order valence-corrected chi connectivity index (χ3v) is 4.49. The number of benzene rings is 1. The third-order valence-electron chi connectivity index (χ3n) is 3.00. The predicted octanol–water partition coefficient (Wildman–Crippen LogP) is 3.61. The Labute approximate surface area is 151 Å². The maximum atomic E-state index is 13.1. The molecule has 2 rings (SSSR count). The van der Waals surface area contributed by atoms with Crippen LogP contribution in [0.15, 0.2) is 40.2 Å². The Bertz CT molecular complexity index is 722. The van der Waals surface area contributed by atoms with Gasteiger partial charge in [-0.25, -0.2) is 9.40 Å². The van der Waals surface area contributed by atoms with Gasteiger partial charge in [0.2, 0.25) is 0 Å². The van der Waals surface area contributed by atoms with Crippen molar-refractivity contribution in [3.8, 4) is 5.75 Å². The van der Waals surface area contributed by atoms with Gasteiger partial charge in [-0.3, -0.25) is 15.0 Å². The number of rotatable bonds is 5. The SMILES string of the molecule is CC(C)N(NC(=O)c1cccs1)C(=O)COc1ccc(F)cc1Br. The smallest absolute Gasteiger partial charge is 0.279 e. The molecule has 2 amide bonds. The fraction of sp³-hybridized carbons (Fsp3) is 0.250. The van der Waals surface area contributed by atoms with E-state index in [4.69, 9.17) is 4.74 Å². The van der Waals surface area contributed by atoms with E-state index in [1.54, 1.807) is 31.4 Å². The van der Waals surface area contributed by atoms with Gasteiger partial charge in [0.05, 0.1) is 9.35 Å². The van der Waals surface area contributed by atoms with Crippen molar-refractivity contribution in [1.29, 1.82) is 0 Å². The van der Waals surface area contributed by atoms with E-state index in [1.165, 1.54) is 34.5 Å². The summed E-state index contributed by atoms with van der Waals surface area (Å²) in [7, 11) is 0. The summed E-state index contributed by atoms with van der Waals surface area (Å²) in [5.41, 5.74) is 2.58. The van der Waals surface area contributed by atoms with Crippen LogP contribution in [0.4, 0.5) is 4.39 Å². The lowest BCUT2D eigenvalue weighted by Crippen LogP contribution is -2.51. The van der Waals surface area contributed by atoms with E-state index < -0.39 is 11.7 Å². The highest BCUT2D eigenvalue weighted by Gasteiger charge is 2.21. The molecule has 0 fully saturated rings. The average Bonchev–Trinajstić information content (AvgIpc) is 3.05. The van der Waals surface area contributed by atoms with Crippen LogP contribution in [0.5, 0.6) is 5.75 Å². The Balaban J connectivity index is 2.00. The van der Waals surface area contributed by atoms with E-state index in [0.29, 0.717) is 15.1 Å². The Morgan fingerprint density at radius 2 is 2.12 bits per heavy atom. The summed E-state index contributed by atoms with van der Waals surface area (Å²) in [5, 5.41) is 3.01. The van der Waals surface area contributed by atoms with Gasteiger partial charge in [-0.2, -0.15) is 0 Å². The van der Waals surface area contributed by atoms with E-state index >= 15 is 0 Å². The van der Waals surface area contributed by atoms with Gasteiger partial charge in [-0.1, -0.05) is 6.07 Å². The number of ether oxygens (including phenoxy) is 1. The molecule has 24 heavy (non-hydrogen) atoms. The summed E-state index contributed by atoms with van der Waals surface area (Å²) in [4.78, 5) is 25.0. The molecule has 0 saturated carbocycles. The molecule has 0 atom stereocenters. The quantitative estimate of drug-likeness (QED) is 0.760. The molecule has 8 heteroatoms.